The van der Waals surface area contributed by atoms with E-state index in [9.17, 15) is 13.6 Å². The van der Waals surface area contributed by atoms with Crippen LogP contribution in [0.3, 0.4) is 0 Å². The van der Waals surface area contributed by atoms with Crippen molar-refractivity contribution in [2.24, 2.45) is 5.73 Å². The van der Waals surface area contributed by atoms with Gasteiger partial charge < -0.3 is 15.4 Å². The Labute approximate surface area is 100 Å². The topological polar surface area (TPSA) is 55.6 Å². The average Bonchev–Trinajstić information content (AvgIpc) is 1.93. The van der Waals surface area contributed by atoms with Crippen LogP contribution in [0.5, 0.6) is 0 Å². The van der Waals surface area contributed by atoms with E-state index in [-0.39, 0.29) is 6.54 Å². The Balaban J connectivity index is 2.74. The van der Waals surface area contributed by atoms with Crippen LogP contribution in [-0.2, 0) is 4.74 Å². The summed E-state index contributed by atoms with van der Waals surface area (Å²) in [5.74, 6) is -2.96. The summed E-state index contributed by atoms with van der Waals surface area (Å²) < 4.78 is 31.9. The van der Waals surface area contributed by atoms with E-state index in [1.807, 2.05) is 0 Å². The molecule has 0 aliphatic carbocycles. The molecule has 1 aliphatic heterocycles. The fraction of sp³-hybridized carbons (Fsp3) is 0.909. The number of alkyl halides is 2. The van der Waals surface area contributed by atoms with Gasteiger partial charge in [-0.2, -0.15) is 0 Å². The molecule has 0 saturated carbocycles. The molecule has 100 valence electrons. The molecule has 1 amide bonds. The molecule has 0 aromatic carbocycles. The van der Waals surface area contributed by atoms with E-state index >= 15 is 0 Å². The van der Waals surface area contributed by atoms with Crippen LogP contribution in [-0.4, -0.2) is 41.1 Å². The minimum absolute atomic E-state index is 0.0809. The summed E-state index contributed by atoms with van der Waals surface area (Å²) in [6.07, 6.45) is -1.16. The SMILES string of the molecule is CC(C)(C)OC(=O)N1CC(F)(F)C[C@](C)(N)C1. The average molecular weight is 250 g/mol. The number of carbonyl (C=O) groups is 1. The molecule has 1 saturated heterocycles. The molecule has 4 nitrogen and oxygen atoms in total. The monoisotopic (exact) mass is 250 g/mol. The third-order valence-corrected chi connectivity index (χ3v) is 2.29. The van der Waals surface area contributed by atoms with E-state index < -0.39 is 36.1 Å². The van der Waals surface area contributed by atoms with Crippen molar-refractivity contribution in [3.8, 4) is 0 Å². The van der Waals surface area contributed by atoms with Crippen molar-refractivity contribution in [3.63, 3.8) is 0 Å². The number of ether oxygens (including phenoxy) is 1. The van der Waals surface area contributed by atoms with Gasteiger partial charge in [0.05, 0.1) is 6.54 Å². The lowest BCUT2D eigenvalue weighted by molar-refractivity contribution is -0.0898. The summed E-state index contributed by atoms with van der Waals surface area (Å²) in [6.45, 7) is 6.03. The number of nitrogens with two attached hydrogens (primary N) is 1. The normalized spacial score (nSPS) is 29.0. The standard InChI is InChI=1S/C11H20F2N2O2/c1-9(2,3)17-8(16)15-6-10(4,14)5-11(12,13)7-15/h5-7,14H2,1-4H3/t10-/m0/s1. The molecule has 1 atom stereocenters. The van der Waals surface area contributed by atoms with Gasteiger partial charge in [0, 0.05) is 18.5 Å². The Bertz CT molecular complexity index is 295. The van der Waals surface area contributed by atoms with Crippen LogP contribution in [0.15, 0.2) is 0 Å². The number of hydrogen-bond donors (Lipinski definition) is 1. The van der Waals surface area contributed by atoms with Crippen LogP contribution in [0.1, 0.15) is 34.1 Å². The molecular weight excluding hydrogens is 230 g/mol. The fourth-order valence-corrected chi connectivity index (χ4v) is 1.93. The van der Waals surface area contributed by atoms with E-state index in [1.165, 1.54) is 6.92 Å². The highest BCUT2D eigenvalue weighted by atomic mass is 19.3. The smallest absolute Gasteiger partial charge is 0.410 e. The molecule has 0 unspecified atom stereocenters. The molecular formula is C11H20F2N2O2. The molecule has 1 aliphatic rings. The largest absolute Gasteiger partial charge is 0.444 e. The van der Waals surface area contributed by atoms with E-state index in [2.05, 4.69) is 0 Å². The first-order valence-electron chi connectivity index (χ1n) is 5.55. The first kappa shape index (κ1) is 14.2. The summed E-state index contributed by atoms with van der Waals surface area (Å²) in [5.41, 5.74) is 3.93. The number of carbonyl (C=O) groups excluding carboxylic acids is 1. The van der Waals surface area contributed by atoms with Crippen molar-refractivity contribution in [1.29, 1.82) is 0 Å². The van der Waals surface area contributed by atoms with Gasteiger partial charge in [-0.3, -0.25) is 0 Å². The van der Waals surface area contributed by atoms with Crippen molar-refractivity contribution in [2.75, 3.05) is 13.1 Å². The lowest BCUT2D eigenvalue weighted by Crippen LogP contribution is -2.61. The summed E-state index contributed by atoms with van der Waals surface area (Å²) in [7, 11) is 0. The second-order valence-electron chi connectivity index (χ2n) is 6.02. The Morgan fingerprint density at radius 3 is 2.29 bits per heavy atom. The van der Waals surface area contributed by atoms with Crippen molar-refractivity contribution in [2.45, 2.75) is 51.2 Å². The Morgan fingerprint density at radius 2 is 1.88 bits per heavy atom. The zero-order valence-corrected chi connectivity index (χ0v) is 10.7. The number of rotatable bonds is 0. The number of piperidine rings is 1. The molecule has 0 bridgehead atoms. The Hall–Kier alpha value is -0.910. The number of halogens is 2. The van der Waals surface area contributed by atoms with Crippen LogP contribution in [0, 0.1) is 0 Å². The van der Waals surface area contributed by atoms with Crippen molar-refractivity contribution >= 4 is 6.09 Å². The number of hydrogen-bond acceptors (Lipinski definition) is 3. The summed E-state index contributed by atoms with van der Waals surface area (Å²) >= 11 is 0. The maximum absolute atomic E-state index is 13.4. The van der Waals surface area contributed by atoms with Gasteiger partial charge in [-0.15, -0.1) is 0 Å². The predicted octanol–water partition coefficient (Wildman–Crippen LogP) is 1.98. The van der Waals surface area contributed by atoms with Gasteiger partial charge >= 0.3 is 6.09 Å². The molecule has 2 N–H and O–H groups in total. The molecule has 0 radical (unpaired) electrons. The second kappa shape index (κ2) is 4.08. The van der Waals surface area contributed by atoms with Crippen molar-refractivity contribution < 1.29 is 18.3 Å². The van der Waals surface area contributed by atoms with Gasteiger partial charge in [0.2, 0.25) is 0 Å². The second-order valence-corrected chi connectivity index (χ2v) is 6.02. The van der Waals surface area contributed by atoms with E-state index in [1.54, 1.807) is 20.8 Å². The van der Waals surface area contributed by atoms with E-state index in [4.69, 9.17) is 10.5 Å². The molecule has 0 spiro atoms. The van der Waals surface area contributed by atoms with Gasteiger partial charge in [-0.1, -0.05) is 0 Å². The maximum atomic E-state index is 13.4. The van der Waals surface area contributed by atoms with Crippen molar-refractivity contribution in [1.82, 2.24) is 4.90 Å². The number of nitrogens with zero attached hydrogens (tertiary/aromatic N) is 1. The lowest BCUT2D eigenvalue weighted by Gasteiger charge is -2.42. The lowest BCUT2D eigenvalue weighted by atomic mass is 9.90. The summed E-state index contributed by atoms with van der Waals surface area (Å²) in [4.78, 5) is 12.7. The van der Waals surface area contributed by atoms with Crippen LogP contribution in [0.25, 0.3) is 0 Å². The minimum Gasteiger partial charge on any atom is -0.444 e. The minimum atomic E-state index is -2.96. The van der Waals surface area contributed by atoms with Crippen LogP contribution in [0.2, 0.25) is 0 Å². The zero-order valence-electron chi connectivity index (χ0n) is 10.7. The zero-order chi connectivity index (χ0) is 13.5. The number of likely N-dealkylation sites (tertiary alicyclic amines) is 1. The highest BCUT2D eigenvalue weighted by Crippen LogP contribution is 2.32. The van der Waals surface area contributed by atoms with E-state index in [0.29, 0.717) is 0 Å². The first-order valence-corrected chi connectivity index (χ1v) is 5.55. The van der Waals surface area contributed by atoms with Crippen LogP contribution >= 0.6 is 0 Å². The third kappa shape index (κ3) is 4.46. The van der Waals surface area contributed by atoms with Gasteiger partial charge in [0.15, 0.2) is 0 Å². The Morgan fingerprint density at radius 1 is 1.35 bits per heavy atom. The summed E-state index contributed by atoms with van der Waals surface area (Å²) in [5, 5.41) is 0. The highest BCUT2D eigenvalue weighted by molar-refractivity contribution is 5.68. The molecule has 1 rings (SSSR count). The van der Waals surface area contributed by atoms with Crippen LogP contribution in [0.4, 0.5) is 13.6 Å². The molecule has 1 heterocycles. The van der Waals surface area contributed by atoms with Gasteiger partial charge in [-0.25, -0.2) is 13.6 Å². The first-order chi connectivity index (χ1) is 7.40. The molecule has 17 heavy (non-hydrogen) atoms. The third-order valence-electron chi connectivity index (χ3n) is 2.29. The fourth-order valence-electron chi connectivity index (χ4n) is 1.93. The van der Waals surface area contributed by atoms with Crippen LogP contribution < -0.4 is 5.73 Å². The Kier molecular flexibility index (Phi) is 3.40. The molecule has 6 heteroatoms. The number of amides is 1. The highest BCUT2D eigenvalue weighted by Gasteiger charge is 2.47. The van der Waals surface area contributed by atoms with Crippen molar-refractivity contribution in [3.05, 3.63) is 0 Å². The predicted molar refractivity (Wildman–Crippen MR) is 60.0 cm³/mol. The molecule has 0 aromatic heterocycles. The summed E-state index contributed by atoms with van der Waals surface area (Å²) in [6, 6.07) is 0. The van der Waals surface area contributed by atoms with Gasteiger partial charge in [0.1, 0.15) is 5.60 Å². The van der Waals surface area contributed by atoms with Gasteiger partial charge in [-0.05, 0) is 27.7 Å². The quantitative estimate of drug-likeness (QED) is 0.715. The molecule has 0 aromatic rings. The van der Waals surface area contributed by atoms with E-state index in [0.717, 1.165) is 4.90 Å². The molecule has 1 fully saturated rings. The maximum Gasteiger partial charge on any atom is 0.410 e. The van der Waals surface area contributed by atoms with Gasteiger partial charge in [0.25, 0.3) is 5.92 Å².